The Hall–Kier alpha value is -2.12. The fraction of sp³-hybridized carbons (Fsp3) is 0.188. The van der Waals surface area contributed by atoms with Crippen molar-refractivity contribution in [2.75, 3.05) is 13.2 Å². The third-order valence-corrected chi connectivity index (χ3v) is 4.06. The Labute approximate surface area is 122 Å². The zero-order valence-corrected chi connectivity index (χ0v) is 11.9. The summed E-state index contributed by atoms with van der Waals surface area (Å²) in [5.74, 6) is 1.55. The summed E-state index contributed by atoms with van der Waals surface area (Å²) < 4.78 is 11.1. The van der Waals surface area contributed by atoms with Gasteiger partial charge < -0.3 is 9.47 Å². The Kier molecular flexibility index (Phi) is 3.53. The van der Waals surface area contributed by atoms with Gasteiger partial charge in [0.15, 0.2) is 11.5 Å². The maximum Gasteiger partial charge on any atom is 0.162 e. The summed E-state index contributed by atoms with van der Waals surface area (Å²) in [5.41, 5.74) is 1.79. The van der Waals surface area contributed by atoms with Crippen LogP contribution in [0.1, 0.15) is 11.1 Å². The van der Waals surface area contributed by atoms with E-state index in [-0.39, 0.29) is 0 Å². The van der Waals surface area contributed by atoms with Crippen molar-refractivity contribution in [3.05, 3.63) is 47.5 Å². The van der Waals surface area contributed by atoms with Gasteiger partial charge in [0.25, 0.3) is 0 Å². The number of rotatable bonds is 2. The van der Waals surface area contributed by atoms with Crippen molar-refractivity contribution in [1.29, 1.82) is 5.26 Å². The molecule has 20 heavy (non-hydrogen) atoms. The quantitative estimate of drug-likeness (QED) is 0.841. The van der Waals surface area contributed by atoms with Crippen LogP contribution >= 0.6 is 11.8 Å². The molecular formula is C16H13NO2S. The standard InChI is InChI=1S/C16H13NO2S/c1-11-2-5-16(12(8-11)10-17)20-13-3-4-14-15(9-13)19-7-6-18-14/h2-5,8-9H,6-7H2,1H3. The first-order valence-electron chi connectivity index (χ1n) is 6.34. The lowest BCUT2D eigenvalue weighted by atomic mass is 10.2. The summed E-state index contributed by atoms with van der Waals surface area (Å²) in [4.78, 5) is 1.99. The molecule has 1 aliphatic heterocycles. The predicted octanol–water partition coefficient (Wildman–Crippen LogP) is 3.79. The molecule has 1 heterocycles. The van der Waals surface area contributed by atoms with Crippen molar-refractivity contribution in [3.8, 4) is 17.6 Å². The molecule has 3 nitrogen and oxygen atoms in total. The molecule has 0 radical (unpaired) electrons. The van der Waals surface area contributed by atoms with E-state index in [9.17, 15) is 5.26 Å². The molecular weight excluding hydrogens is 270 g/mol. The van der Waals surface area contributed by atoms with Crippen LogP contribution in [0.2, 0.25) is 0 Å². The van der Waals surface area contributed by atoms with Gasteiger partial charge in [0, 0.05) is 9.79 Å². The SMILES string of the molecule is Cc1ccc(Sc2ccc3c(c2)OCCO3)c(C#N)c1. The molecule has 0 unspecified atom stereocenters. The van der Waals surface area contributed by atoms with Crippen LogP contribution in [0.4, 0.5) is 0 Å². The second-order valence-corrected chi connectivity index (χ2v) is 5.63. The molecule has 0 N–H and O–H groups in total. The van der Waals surface area contributed by atoms with Crippen LogP contribution in [-0.4, -0.2) is 13.2 Å². The third-order valence-electron chi connectivity index (χ3n) is 3.00. The Morgan fingerprint density at radius 3 is 2.65 bits per heavy atom. The number of benzene rings is 2. The number of nitriles is 1. The Balaban J connectivity index is 1.90. The van der Waals surface area contributed by atoms with Crippen LogP contribution in [-0.2, 0) is 0 Å². The molecule has 0 fully saturated rings. The van der Waals surface area contributed by atoms with Crippen molar-refractivity contribution in [2.24, 2.45) is 0 Å². The summed E-state index contributed by atoms with van der Waals surface area (Å²) >= 11 is 1.56. The summed E-state index contributed by atoms with van der Waals surface area (Å²) in [5, 5.41) is 9.20. The van der Waals surface area contributed by atoms with Gasteiger partial charge in [-0.2, -0.15) is 5.26 Å². The average molecular weight is 283 g/mol. The zero-order valence-electron chi connectivity index (χ0n) is 11.1. The normalized spacial score (nSPS) is 12.8. The monoisotopic (exact) mass is 283 g/mol. The molecule has 0 bridgehead atoms. The van der Waals surface area contributed by atoms with Gasteiger partial charge in [-0.15, -0.1) is 0 Å². The van der Waals surface area contributed by atoms with E-state index >= 15 is 0 Å². The minimum Gasteiger partial charge on any atom is -0.486 e. The lowest BCUT2D eigenvalue weighted by Crippen LogP contribution is -2.15. The lowest BCUT2D eigenvalue weighted by molar-refractivity contribution is 0.171. The summed E-state index contributed by atoms with van der Waals surface area (Å²) in [6.45, 7) is 3.16. The summed E-state index contributed by atoms with van der Waals surface area (Å²) in [6, 6.07) is 14.0. The number of ether oxygens (including phenoxy) is 2. The maximum atomic E-state index is 9.20. The Morgan fingerprint density at radius 1 is 1.05 bits per heavy atom. The number of aryl methyl sites for hydroxylation is 1. The highest BCUT2D eigenvalue weighted by Gasteiger charge is 2.13. The molecule has 0 saturated carbocycles. The minimum atomic E-state index is 0.578. The summed E-state index contributed by atoms with van der Waals surface area (Å²) in [6.07, 6.45) is 0. The molecule has 1 aliphatic rings. The largest absolute Gasteiger partial charge is 0.486 e. The van der Waals surface area contributed by atoms with Gasteiger partial charge in [-0.25, -0.2) is 0 Å². The highest BCUT2D eigenvalue weighted by atomic mass is 32.2. The lowest BCUT2D eigenvalue weighted by Gasteiger charge is -2.18. The molecule has 0 aromatic heterocycles. The predicted molar refractivity (Wildman–Crippen MR) is 77.4 cm³/mol. The Morgan fingerprint density at radius 2 is 1.85 bits per heavy atom. The highest BCUT2D eigenvalue weighted by molar-refractivity contribution is 7.99. The first kappa shape index (κ1) is 12.9. The topological polar surface area (TPSA) is 42.2 Å². The van der Waals surface area contributed by atoms with E-state index in [4.69, 9.17) is 9.47 Å². The fourth-order valence-corrected chi connectivity index (χ4v) is 2.94. The molecule has 2 aromatic rings. The van der Waals surface area contributed by atoms with Gasteiger partial charge in [-0.1, -0.05) is 17.8 Å². The second kappa shape index (κ2) is 5.48. The van der Waals surface area contributed by atoms with E-state index in [2.05, 4.69) is 6.07 Å². The summed E-state index contributed by atoms with van der Waals surface area (Å²) in [7, 11) is 0. The van der Waals surface area contributed by atoms with Crippen LogP contribution in [0.5, 0.6) is 11.5 Å². The highest BCUT2D eigenvalue weighted by Crippen LogP contribution is 2.37. The molecule has 100 valence electrons. The van der Waals surface area contributed by atoms with Crippen molar-refractivity contribution in [1.82, 2.24) is 0 Å². The smallest absolute Gasteiger partial charge is 0.162 e. The van der Waals surface area contributed by atoms with Crippen LogP contribution in [0.3, 0.4) is 0 Å². The molecule has 0 aliphatic carbocycles. The first-order chi connectivity index (χ1) is 9.76. The van der Waals surface area contributed by atoms with E-state index in [1.165, 1.54) is 0 Å². The van der Waals surface area contributed by atoms with Crippen LogP contribution in [0.15, 0.2) is 46.2 Å². The molecule has 0 saturated heterocycles. The van der Waals surface area contributed by atoms with E-state index in [0.29, 0.717) is 18.8 Å². The van der Waals surface area contributed by atoms with Crippen LogP contribution in [0, 0.1) is 18.3 Å². The Bertz CT molecular complexity index is 691. The van der Waals surface area contributed by atoms with E-state index < -0.39 is 0 Å². The van der Waals surface area contributed by atoms with Crippen LogP contribution in [0.25, 0.3) is 0 Å². The van der Waals surface area contributed by atoms with Gasteiger partial charge in [0.05, 0.1) is 5.56 Å². The molecule has 3 rings (SSSR count). The third kappa shape index (κ3) is 2.59. The van der Waals surface area contributed by atoms with Gasteiger partial charge >= 0.3 is 0 Å². The van der Waals surface area contributed by atoms with Crippen molar-refractivity contribution in [2.45, 2.75) is 16.7 Å². The van der Waals surface area contributed by atoms with Crippen LogP contribution < -0.4 is 9.47 Å². The fourth-order valence-electron chi connectivity index (χ4n) is 2.03. The molecule has 2 aromatic carbocycles. The van der Waals surface area contributed by atoms with E-state index in [0.717, 1.165) is 26.9 Å². The van der Waals surface area contributed by atoms with Crippen molar-refractivity contribution in [3.63, 3.8) is 0 Å². The van der Waals surface area contributed by atoms with Crippen molar-refractivity contribution >= 4 is 11.8 Å². The van der Waals surface area contributed by atoms with Gasteiger partial charge in [-0.3, -0.25) is 0 Å². The van der Waals surface area contributed by atoms with E-state index in [1.54, 1.807) is 11.8 Å². The van der Waals surface area contributed by atoms with Gasteiger partial charge in [-0.05, 0) is 42.8 Å². The van der Waals surface area contributed by atoms with Crippen molar-refractivity contribution < 1.29 is 9.47 Å². The molecule has 4 heteroatoms. The van der Waals surface area contributed by atoms with Gasteiger partial charge in [0.1, 0.15) is 19.3 Å². The number of nitrogens with zero attached hydrogens (tertiary/aromatic N) is 1. The number of fused-ring (bicyclic) bond motifs is 1. The molecule has 0 amide bonds. The average Bonchev–Trinajstić information content (AvgIpc) is 2.49. The maximum absolute atomic E-state index is 9.20. The first-order valence-corrected chi connectivity index (χ1v) is 7.16. The minimum absolute atomic E-state index is 0.578. The number of hydrogen-bond donors (Lipinski definition) is 0. The van der Waals surface area contributed by atoms with E-state index in [1.807, 2.05) is 43.3 Å². The molecule has 0 spiro atoms. The second-order valence-electron chi connectivity index (χ2n) is 4.52. The zero-order chi connectivity index (χ0) is 13.9. The molecule has 0 atom stereocenters. The van der Waals surface area contributed by atoms with Gasteiger partial charge in [0.2, 0.25) is 0 Å². The number of hydrogen-bond acceptors (Lipinski definition) is 4.